The fraction of sp³-hybridized carbons (Fsp3) is 0.484. The number of aryl methyl sites for hydroxylation is 3. The van der Waals surface area contributed by atoms with Crippen LogP contribution in [0.2, 0.25) is 0 Å². The Labute approximate surface area is 230 Å². The SMILES string of the molecule is CCc1ccc2[nH]c(=O)c([C@H](c3nnnn3C3CCCCC3)N3CCN(c4cc(C)ccc4C)CC3)cc2c1. The van der Waals surface area contributed by atoms with Crippen molar-refractivity contribution in [1.82, 2.24) is 30.1 Å². The van der Waals surface area contributed by atoms with Gasteiger partial charge in [-0.05, 0) is 89.9 Å². The van der Waals surface area contributed by atoms with E-state index in [1.54, 1.807) is 0 Å². The largest absolute Gasteiger partial charge is 0.369 e. The first-order valence-corrected chi connectivity index (χ1v) is 14.5. The molecule has 1 saturated carbocycles. The molecule has 0 bridgehead atoms. The van der Waals surface area contributed by atoms with Crippen LogP contribution < -0.4 is 10.5 Å². The number of rotatable bonds is 6. The Hall–Kier alpha value is -3.52. The maximum Gasteiger partial charge on any atom is 0.253 e. The van der Waals surface area contributed by atoms with Crippen molar-refractivity contribution in [2.24, 2.45) is 0 Å². The lowest BCUT2D eigenvalue weighted by Gasteiger charge is -2.40. The number of benzene rings is 2. The molecule has 204 valence electrons. The number of piperazine rings is 1. The minimum atomic E-state index is -0.305. The second kappa shape index (κ2) is 10.9. The van der Waals surface area contributed by atoms with Gasteiger partial charge in [-0.2, -0.15) is 0 Å². The highest BCUT2D eigenvalue weighted by molar-refractivity contribution is 5.80. The highest BCUT2D eigenvalue weighted by Crippen LogP contribution is 2.34. The second-order valence-electron chi connectivity index (χ2n) is 11.3. The molecular formula is C31H39N7O. The van der Waals surface area contributed by atoms with Gasteiger partial charge in [0, 0.05) is 42.9 Å². The number of aromatic nitrogens is 5. The number of aromatic amines is 1. The number of H-pyrrole nitrogens is 1. The molecule has 2 fully saturated rings. The van der Waals surface area contributed by atoms with Gasteiger partial charge in [0.1, 0.15) is 6.04 Å². The third-order valence-corrected chi connectivity index (χ3v) is 8.71. The van der Waals surface area contributed by atoms with Crippen LogP contribution in [0.5, 0.6) is 0 Å². The van der Waals surface area contributed by atoms with E-state index >= 15 is 0 Å². The normalized spacial score (nSPS) is 18.1. The highest BCUT2D eigenvalue weighted by atomic mass is 16.1. The van der Waals surface area contributed by atoms with Crippen LogP contribution in [0.1, 0.15) is 79.2 Å². The number of nitrogens with one attached hydrogen (secondary N) is 1. The number of anilines is 1. The zero-order valence-electron chi connectivity index (χ0n) is 23.4. The summed E-state index contributed by atoms with van der Waals surface area (Å²) in [4.78, 5) is 21.7. The van der Waals surface area contributed by atoms with Crippen molar-refractivity contribution in [2.45, 2.75) is 71.4 Å². The molecule has 1 N–H and O–H groups in total. The average Bonchev–Trinajstić information content (AvgIpc) is 3.45. The van der Waals surface area contributed by atoms with Gasteiger partial charge in [0.15, 0.2) is 5.82 Å². The van der Waals surface area contributed by atoms with Crippen LogP contribution in [0.3, 0.4) is 0 Å². The molecule has 0 amide bonds. The monoisotopic (exact) mass is 525 g/mol. The number of pyridine rings is 1. The number of hydrogen-bond acceptors (Lipinski definition) is 6. The fourth-order valence-electron chi connectivity index (χ4n) is 6.44. The summed E-state index contributed by atoms with van der Waals surface area (Å²) in [6.07, 6.45) is 6.77. The van der Waals surface area contributed by atoms with Crippen molar-refractivity contribution >= 4 is 16.6 Å². The third kappa shape index (κ3) is 5.10. The average molecular weight is 526 g/mol. The van der Waals surface area contributed by atoms with E-state index in [-0.39, 0.29) is 17.6 Å². The van der Waals surface area contributed by atoms with Crippen molar-refractivity contribution in [3.05, 3.63) is 80.9 Å². The van der Waals surface area contributed by atoms with E-state index in [0.717, 1.165) is 67.7 Å². The van der Waals surface area contributed by atoms with Gasteiger partial charge in [-0.15, -0.1) is 5.10 Å². The van der Waals surface area contributed by atoms with Crippen molar-refractivity contribution in [3.8, 4) is 0 Å². The Kier molecular flexibility index (Phi) is 7.21. The molecule has 1 aliphatic heterocycles. The van der Waals surface area contributed by atoms with E-state index in [1.807, 2.05) is 10.7 Å². The Balaban J connectivity index is 1.39. The molecule has 0 unspecified atom stereocenters. The standard InChI is InChI=1S/C31H39N7O/c1-4-23-12-13-27-24(19-23)20-26(31(39)32-27)29(30-33-34-35-38(30)25-8-6-5-7-9-25)37-16-14-36(15-17-37)28-18-21(2)10-11-22(28)3/h10-13,18-20,25,29H,4-9,14-17H2,1-3H3,(H,32,39)/t29-/m1/s1. The molecule has 6 rings (SSSR count). The van der Waals surface area contributed by atoms with Gasteiger partial charge in [0.05, 0.1) is 6.04 Å². The van der Waals surface area contributed by atoms with Crippen LogP contribution in [-0.2, 0) is 6.42 Å². The van der Waals surface area contributed by atoms with Crippen LogP contribution in [0.15, 0.2) is 47.3 Å². The smallest absolute Gasteiger partial charge is 0.253 e. The molecule has 2 aromatic carbocycles. The number of tetrazole rings is 1. The Morgan fingerprint density at radius 3 is 2.54 bits per heavy atom. The van der Waals surface area contributed by atoms with Crippen molar-refractivity contribution in [2.75, 3.05) is 31.1 Å². The van der Waals surface area contributed by atoms with Crippen LogP contribution in [0, 0.1) is 13.8 Å². The molecule has 39 heavy (non-hydrogen) atoms. The molecule has 4 aromatic rings. The lowest BCUT2D eigenvalue weighted by atomic mass is 9.95. The summed E-state index contributed by atoms with van der Waals surface area (Å²) in [5, 5.41) is 14.3. The van der Waals surface area contributed by atoms with Crippen LogP contribution in [0.25, 0.3) is 10.9 Å². The van der Waals surface area contributed by atoms with E-state index in [4.69, 9.17) is 0 Å². The maximum atomic E-state index is 13.7. The lowest BCUT2D eigenvalue weighted by molar-refractivity contribution is 0.192. The zero-order chi connectivity index (χ0) is 26.9. The molecule has 1 atom stereocenters. The number of nitrogens with zero attached hydrogens (tertiary/aromatic N) is 6. The van der Waals surface area contributed by atoms with Crippen molar-refractivity contribution < 1.29 is 0 Å². The summed E-state index contributed by atoms with van der Waals surface area (Å²) in [5.41, 5.74) is 6.65. The van der Waals surface area contributed by atoms with Gasteiger partial charge >= 0.3 is 0 Å². The highest BCUT2D eigenvalue weighted by Gasteiger charge is 2.34. The second-order valence-corrected chi connectivity index (χ2v) is 11.3. The summed E-state index contributed by atoms with van der Waals surface area (Å²) < 4.78 is 2.03. The molecule has 1 aliphatic carbocycles. The quantitative estimate of drug-likeness (QED) is 0.377. The van der Waals surface area contributed by atoms with Gasteiger partial charge in [0.25, 0.3) is 5.56 Å². The number of fused-ring (bicyclic) bond motifs is 1. The topological polar surface area (TPSA) is 82.9 Å². The van der Waals surface area contributed by atoms with E-state index in [2.05, 4.69) is 87.5 Å². The molecule has 1 saturated heterocycles. The van der Waals surface area contributed by atoms with Gasteiger partial charge in [-0.25, -0.2) is 4.68 Å². The molecule has 3 heterocycles. The summed E-state index contributed by atoms with van der Waals surface area (Å²) in [7, 11) is 0. The molecule has 0 spiro atoms. The molecular weight excluding hydrogens is 486 g/mol. The molecule has 8 nitrogen and oxygen atoms in total. The predicted octanol–water partition coefficient (Wildman–Crippen LogP) is 5.11. The van der Waals surface area contributed by atoms with Crippen molar-refractivity contribution in [1.29, 1.82) is 0 Å². The summed E-state index contributed by atoms with van der Waals surface area (Å²) >= 11 is 0. The van der Waals surface area contributed by atoms with Crippen LogP contribution >= 0.6 is 0 Å². The van der Waals surface area contributed by atoms with Crippen molar-refractivity contribution in [3.63, 3.8) is 0 Å². The summed E-state index contributed by atoms with van der Waals surface area (Å²) in [5.74, 6) is 0.790. The van der Waals surface area contributed by atoms with Gasteiger partial charge < -0.3 is 9.88 Å². The van der Waals surface area contributed by atoms with E-state index in [0.29, 0.717) is 0 Å². The summed E-state index contributed by atoms with van der Waals surface area (Å²) in [6, 6.07) is 15.0. The molecule has 8 heteroatoms. The van der Waals surface area contributed by atoms with Gasteiger partial charge in [-0.1, -0.05) is 44.4 Å². The summed E-state index contributed by atoms with van der Waals surface area (Å²) in [6.45, 7) is 9.90. The van der Waals surface area contributed by atoms with E-state index < -0.39 is 0 Å². The van der Waals surface area contributed by atoms with Crippen LogP contribution in [0.4, 0.5) is 5.69 Å². The Morgan fingerprint density at radius 2 is 1.77 bits per heavy atom. The minimum absolute atomic E-state index is 0.0631. The molecule has 2 aliphatic rings. The fourth-order valence-corrected chi connectivity index (χ4v) is 6.44. The lowest BCUT2D eigenvalue weighted by Crippen LogP contribution is -2.49. The first-order valence-electron chi connectivity index (χ1n) is 14.5. The minimum Gasteiger partial charge on any atom is -0.369 e. The van der Waals surface area contributed by atoms with Gasteiger partial charge in [-0.3, -0.25) is 9.69 Å². The molecule has 0 radical (unpaired) electrons. The predicted molar refractivity (Wildman–Crippen MR) is 155 cm³/mol. The van der Waals surface area contributed by atoms with Crippen LogP contribution in [-0.4, -0.2) is 56.3 Å². The molecule has 2 aromatic heterocycles. The maximum absolute atomic E-state index is 13.7. The Bertz CT molecular complexity index is 1510. The van der Waals surface area contributed by atoms with Gasteiger partial charge in [0.2, 0.25) is 0 Å². The Morgan fingerprint density at radius 1 is 0.974 bits per heavy atom. The number of hydrogen-bond donors (Lipinski definition) is 1. The first kappa shape index (κ1) is 25.7. The zero-order valence-corrected chi connectivity index (χ0v) is 23.4. The first-order chi connectivity index (χ1) is 19.0. The van der Waals surface area contributed by atoms with E-state index in [1.165, 1.54) is 41.6 Å². The third-order valence-electron chi connectivity index (χ3n) is 8.71. The van der Waals surface area contributed by atoms with E-state index in [9.17, 15) is 4.79 Å².